The van der Waals surface area contributed by atoms with Crippen molar-refractivity contribution < 1.29 is 0 Å². The first kappa shape index (κ1) is 11.7. The molecule has 0 bridgehead atoms. The lowest BCUT2D eigenvalue weighted by atomic mass is 10.0. The summed E-state index contributed by atoms with van der Waals surface area (Å²) in [6, 6.07) is 1.90. The van der Waals surface area contributed by atoms with Gasteiger partial charge in [-0.25, -0.2) is 0 Å². The monoisotopic (exact) mass is 196 g/mol. The highest BCUT2D eigenvalue weighted by Gasteiger charge is 2.28. The summed E-state index contributed by atoms with van der Waals surface area (Å²) in [5.74, 6) is 0. The second kappa shape index (κ2) is 4.94. The van der Waals surface area contributed by atoms with E-state index in [-0.39, 0.29) is 0 Å². The summed E-state index contributed by atoms with van der Waals surface area (Å²) < 4.78 is 0. The van der Waals surface area contributed by atoms with Crippen molar-refractivity contribution in [1.82, 2.24) is 10.2 Å². The van der Waals surface area contributed by atoms with Crippen molar-refractivity contribution in [3.63, 3.8) is 0 Å². The van der Waals surface area contributed by atoms with E-state index < -0.39 is 0 Å². The smallest absolute Gasteiger partial charge is 0.0221 e. The molecule has 0 aliphatic carbocycles. The Balaban J connectivity index is 2.49. The molecule has 0 saturated carbocycles. The Hall–Kier alpha value is -0.340. The highest BCUT2D eigenvalue weighted by Crippen LogP contribution is 2.15. The molecule has 2 nitrogen and oxygen atoms in total. The first-order valence-corrected chi connectivity index (χ1v) is 5.66. The Labute approximate surface area is 88.4 Å². The molecule has 3 unspecified atom stereocenters. The van der Waals surface area contributed by atoms with E-state index in [0.717, 1.165) is 19.5 Å². The summed E-state index contributed by atoms with van der Waals surface area (Å²) in [7, 11) is 0. The van der Waals surface area contributed by atoms with Crippen molar-refractivity contribution in [3.05, 3.63) is 12.2 Å². The zero-order valence-corrected chi connectivity index (χ0v) is 10.0. The summed E-state index contributed by atoms with van der Waals surface area (Å²) >= 11 is 0. The summed E-state index contributed by atoms with van der Waals surface area (Å²) in [5, 5.41) is 3.54. The Kier molecular flexibility index (Phi) is 4.14. The summed E-state index contributed by atoms with van der Waals surface area (Å²) in [6.45, 7) is 15.2. The van der Waals surface area contributed by atoms with Gasteiger partial charge in [-0.1, -0.05) is 5.57 Å². The van der Waals surface area contributed by atoms with Crippen LogP contribution in [0.5, 0.6) is 0 Å². The van der Waals surface area contributed by atoms with Gasteiger partial charge in [0, 0.05) is 31.2 Å². The third kappa shape index (κ3) is 2.82. The van der Waals surface area contributed by atoms with Crippen LogP contribution in [0.25, 0.3) is 0 Å². The molecule has 1 heterocycles. The third-order valence-corrected chi connectivity index (χ3v) is 3.34. The fourth-order valence-electron chi connectivity index (χ4n) is 2.08. The highest BCUT2D eigenvalue weighted by atomic mass is 15.3. The normalized spacial score (nSPS) is 34.4. The molecule has 3 atom stereocenters. The number of hydrogen-bond acceptors (Lipinski definition) is 2. The van der Waals surface area contributed by atoms with Crippen LogP contribution in [0.1, 0.15) is 34.1 Å². The molecule has 1 rings (SSSR count). The van der Waals surface area contributed by atoms with Gasteiger partial charge in [0.25, 0.3) is 0 Å². The van der Waals surface area contributed by atoms with Crippen LogP contribution >= 0.6 is 0 Å². The first-order valence-electron chi connectivity index (χ1n) is 5.66. The fraction of sp³-hybridized carbons (Fsp3) is 0.833. The van der Waals surface area contributed by atoms with Gasteiger partial charge in [0.05, 0.1) is 0 Å². The highest BCUT2D eigenvalue weighted by molar-refractivity contribution is 4.93. The Morgan fingerprint density at radius 1 is 1.43 bits per heavy atom. The third-order valence-electron chi connectivity index (χ3n) is 3.34. The molecule has 82 valence electrons. The van der Waals surface area contributed by atoms with Crippen molar-refractivity contribution in [1.29, 1.82) is 0 Å². The Bertz CT molecular complexity index is 200. The standard InChI is InChI=1S/C12H24N2/c1-9(2)6-7-14-10(3)8-13-11(4)12(14)5/h10-13H,1,6-8H2,2-5H3. The zero-order chi connectivity index (χ0) is 10.7. The van der Waals surface area contributed by atoms with Crippen molar-refractivity contribution in [2.24, 2.45) is 0 Å². The average molecular weight is 196 g/mol. The number of nitrogens with zero attached hydrogens (tertiary/aromatic N) is 1. The van der Waals surface area contributed by atoms with Gasteiger partial charge >= 0.3 is 0 Å². The van der Waals surface area contributed by atoms with Crippen LogP contribution in [0.15, 0.2) is 12.2 Å². The fourth-order valence-corrected chi connectivity index (χ4v) is 2.08. The van der Waals surface area contributed by atoms with E-state index in [2.05, 4.69) is 44.5 Å². The summed E-state index contributed by atoms with van der Waals surface area (Å²) in [6.07, 6.45) is 1.13. The molecule has 1 N–H and O–H groups in total. The molecule has 1 fully saturated rings. The van der Waals surface area contributed by atoms with Crippen LogP contribution in [0.4, 0.5) is 0 Å². The van der Waals surface area contributed by atoms with E-state index in [0.29, 0.717) is 18.1 Å². The van der Waals surface area contributed by atoms with Gasteiger partial charge in [0.2, 0.25) is 0 Å². The molecule has 0 spiro atoms. The number of nitrogens with one attached hydrogen (secondary N) is 1. The van der Waals surface area contributed by atoms with Crippen LogP contribution in [0.3, 0.4) is 0 Å². The summed E-state index contributed by atoms with van der Waals surface area (Å²) in [5.41, 5.74) is 1.29. The van der Waals surface area contributed by atoms with Crippen molar-refractivity contribution in [2.45, 2.75) is 52.2 Å². The van der Waals surface area contributed by atoms with Crippen LogP contribution in [0, 0.1) is 0 Å². The Morgan fingerprint density at radius 3 is 2.64 bits per heavy atom. The van der Waals surface area contributed by atoms with Gasteiger partial charge in [0.1, 0.15) is 0 Å². The molecule has 1 aliphatic heterocycles. The maximum absolute atomic E-state index is 3.97. The second-order valence-corrected chi connectivity index (χ2v) is 4.73. The number of rotatable bonds is 3. The molecule has 1 saturated heterocycles. The van der Waals surface area contributed by atoms with E-state index in [1.165, 1.54) is 5.57 Å². The maximum atomic E-state index is 3.97. The van der Waals surface area contributed by atoms with Gasteiger partial charge in [-0.3, -0.25) is 4.90 Å². The van der Waals surface area contributed by atoms with Gasteiger partial charge in [-0.2, -0.15) is 0 Å². The van der Waals surface area contributed by atoms with E-state index in [4.69, 9.17) is 0 Å². The van der Waals surface area contributed by atoms with Crippen molar-refractivity contribution >= 4 is 0 Å². The van der Waals surface area contributed by atoms with Crippen LogP contribution in [0.2, 0.25) is 0 Å². The lowest BCUT2D eigenvalue weighted by molar-refractivity contribution is 0.0888. The molecule has 0 radical (unpaired) electrons. The molecule has 0 aromatic heterocycles. The first-order chi connectivity index (χ1) is 6.52. The molecular formula is C12H24N2. The molecule has 0 aromatic carbocycles. The van der Waals surface area contributed by atoms with E-state index >= 15 is 0 Å². The summed E-state index contributed by atoms with van der Waals surface area (Å²) in [4.78, 5) is 2.59. The lowest BCUT2D eigenvalue weighted by Crippen LogP contribution is -2.59. The predicted octanol–water partition coefficient (Wildman–Crippen LogP) is 2.02. The van der Waals surface area contributed by atoms with Crippen LogP contribution < -0.4 is 5.32 Å². The minimum absolute atomic E-state index is 0.608. The second-order valence-electron chi connectivity index (χ2n) is 4.73. The minimum Gasteiger partial charge on any atom is -0.311 e. The average Bonchev–Trinajstić information content (AvgIpc) is 2.11. The molecule has 2 heteroatoms. The molecule has 14 heavy (non-hydrogen) atoms. The van der Waals surface area contributed by atoms with Crippen LogP contribution in [-0.4, -0.2) is 36.1 Å². The molecule has 1 aliphatic rings. The zero-order valence-electron chi connectivity index (χ0n) is 10.0. The predicted molar refractivity (Wildman–Crippen MR) is 62.5 cm³/mol. The van der Waals surface area contributed by atoms with Crippen LogP contribution in [-0.2, 0) is 0 Å². The number of piperazine rings is 1. The molecule has 0 aromatic rings. The lowest BCUT2D eigenvalue weighted by Gasteiger charge is -2.43. The Morgan fingerprint density at radius 2 is 2.07 bits per heavy atom. The van der Waals surface area contributed by atoms with Gasteiger partial charge < -0.3 is 5.32 Å². The topological polar surface area (TPSA) is 15.3 Å². The van der Waals surface area contributed by atoms with Gasteiger partial charge in [-0.15, -0.1) is 6.58 Å². The minimum atomic E-state index is 0.608. The van der Waals surface area contributed by atoms with Crippen molar-refractivity contribution in [3.8, 4) is 0 Å². The largest absolute Gasteiger partial charge is 0.311 e. The quantitative estimate of drug-likeness (QED) is 0.695. The van der Waals surface area contributed by atoms with Crippen molar-refractivity contribution in [2.75, 3.05) is 13.1 Å². The molecular weight excluding hydrogens is 172 g/mol. The van der Waals surface area contributed by atoms with E-state index in [1.54, 1.807) is 0 Å². The molecule has 0 amide bonds. The van der Waals surface area contributed by atoms with E-state index in [9.17, 15) is 0 Å². The SMILES string of the molecule is C=C(C)CCN1C(C)CNC(C)C1C. The van der Waals surface area contributed by atoms with Gasteiger partial charge in [-0.05, 0) is 34.1 Å². The maximum Gasteiger partial charge on any atom is 0.0221 e. The van der Waals surface area contributed by atoms with E-state index in [1.807, 2.05) is 0 Å². The van der Waals surface area contributed by atoms with Gasteiger partial charge in [0.15, 0.2) is 0 Å². The number of hydrogen-bond donors (Lipinski definition) is 1.